The lowest BCUT2D eigenvalue weighted by Gasteiger charge is -2.34. The maximum Gasteiger partial charge on any atom is 0.417 e. The van der Waals surface area contributed by atoms with E-state index in [9.17, 15) is 27.2 Å². The van der Waals surface area contributed by atoms with Crippen LogP contribution in [0.2, 0.25) is 0 Å². The zero-order valence-electron chi connectivity index (χ0n) is 31.6. The molecule has 0 aliphatic carbocycles. The molecule has 0 amide bonds. The number of ether oxygens (including phenoxy) is 2. The molecule has 5 heterocycles. The highest BCUT2D eigenvalue weighted by Crippen LogP contribution is 2.46. The quantitative estimate of drug-likeness (QED) is 0.0857. The number of anilines is 2. The minimum absolute atomic E-state index is 0.00904. The molecule has 1 fully saturated rings. The molecule has 298 valence electrons. The molecule has 57 heavy (non-hydrogen) atoms. The maximum absolute atomic E-state index is 14.6. The molecule has 0 bridgehead atoms. The highest BCUT2D eigenvalue weighted by molar-refractivity contribution is 5.97. The van der Waals surface area contributed by atoms with Crippen molar-refractivity contribution in [1.82, 2.24) is 29.9 Å². The van der Waals surface area contributed by atoms with Gasteiger partial charge >= 0.3 is 6.18 Å². The Balaban J connectivity index is 0.853. The number of hydrogen-bond acceptors (Lipinski definition) is 9. The fourth-order valence-corrected chi connectivity index (χ4v) is 8.45. The molecule has 6 aromatic rings. The maximum atomic E-state index is 14.6. The molecule has 3 aromatic carbocycles. The van der Waals surface area contributed by atoms with Gasteiger partial charge in [0.15, 0.2) is 0 Å². The number of hydrogen-bond donors (Lipinski definition) is 3. The molecule has 0 spiro atoms. The third-order valence-corrected chi connectivity index (χ3v) is 11.2. The number of H-pyrrole nitrogens is 2. The first-order valence-electron chi connectivity index (χ1n) is 19.1. The molecule has 3 aromatic heterocycles. The normalized spacial score (nSPS) is 19.9. The predicted octanol–water partition coefficient (Wildman–Crippen LogP) is 7.36. The molecular formula is C41H42F4N8O4. The summed E-state index contributed by atoms with van der Waals surface area (Å²) in [5.41, 5.74) is 0.547. The number of unbranched alkanes of at least 4 members (excludes halogenated alkanes) is 2. The summed E-state index contributed by atoms with van der Waals surface area (Å²) in [6.45, 7) is 5.12. The molecule has 2 aliphatic rings. The molecule has 0 radical (unpaired) electrons. The van der Waals surface area contributed by atoms with Gasteiger partial charge in [-0.1, -0.05) is 12.1 Å². The summed E-state index contributed by atoms with van der Waals surface area (Å²) in [6, 6.07) is 15.4. The van der Waals surface area contributed by atoms with Crippen LogP contribution >= 0.6 is 0 Å². The number of nitrogens with zero attached hydrogens (tertiary/aromatic N) is 5. The molecule has 2 unspecified atom stereocenters. The Bertz CT molecular complexity index is 2540. The van der Waals surface area contributed by atoms with E-state index in [1.165, 1.54) is 24.5 Å². The van der Waals surface area contributed by atoms with Crippen LogP contribution in [0.25, 0.3) is 21.7 Å². The summed E-state index contributed by atoms with van der Waals surface area (Å²) in [6.07, 6.45) is 0.893. The van der Waals surface area contributed by atoms with Gasteiger partial charge in [-0.2, -0.15) is 23.4 Å². The van der Waals surface area contributed by atoms with E-state index in [1.54, 1.807) is 23.9 Å². The summed E-state index contributed by atoms with van der Waals surface area (Å²) in [4.78, 5) is 33.7. The monoisotopic (exact) mass is 786 g/mol. The van der Waals surface area contributed by atoms with E-state index in [0.717, 1.165) is 37.7 Å². The minimum atomic E-state index is -4.65. The predicted molar refractivity (Wildman–Crippen MR) is 207 cm³/mol. The second-order valence-electron chi connectivity index (χ2n) is 14.9. The van der Waals surface area contributed by atoms with E-state index < -0.39 is 40.6 Å². The van der Waals surface area contributed by atoms with Crippen LogP contribution in [0.15, 0.2) is 76.6 Å². The van der Waals surface area contributed by atoms with Crippen molar-refractivity contribution in [3.63, 3.8) is 0 Å². The van der Waals surface area contributed by atoms with Crippen LogP contribution in [0.1, 0.15) is 80.6 Å². The summed E-state index contributed by atoms with van der Waals surface area (Å²) in [5.74, 6) is 0.355. The van der Waals surface area contributed by atoms with Gasteiger partial charge in [0.25, 0.3) is 5.56 Å². The van der Waals surface area contributed by atoms with Crippen molar-refractivity contribution in [3.05, 3.63) is 116 Å². The van der Waals surface area contributed by atoms with Gasteiger partial charge < -0.3 is 24.7 Å². The Morgan fingerprint density at radius 3 is 2.51 bits per heavy atom. The Morgan fingerprint density at radius 1 is 0.965 bits per heavy atom. The van der Waals surface area contributed by atoms with Gasteiger partial charge in [-0.05, 0) is 94.0 Å². The number of nitrogens with one attached hydrogen (secondary N) is 3. The van der Waals surface area contributed by atoms with Crippen LogP contribution in [-0.2, 0) is 18.0 Å². The summed E-state index contributed by atoms with van der Waals surface area (Å²) < 4.78 is 70.1. The molecule has 0 saturated carbocycles. The van der Waals surface area contributed by atoms with Crippen molar-refractivity contribution in [3.8, 4) is 5.75 Å². The van der Waals surface area contributed by atoms with E-state index in [0.29, 0.717) is 53.3 Å². The first-order chi connectivity index (χ1) is 27.4. The second-order valence-corrected chi connectivity index (χ2v) is 14.9. The van der Waals surface area contributed by atoms with Crippen molar-refractivity contribution in [2.24, 2.45) is 7.05 Å². The number of aromatic nitrogens is 6. The summed E-state index contributed by atoms with van der Waals surface area (Å²) >= 11 is 0. The minimum Gasteiger partial charge on any atom is -0.494 e. The lowest BCUT2D eigenvalue weighted by Crippen LogP contribution is -2.42. The van der Waals surface area contributed by atoms with Crippen LogP contribution in [0.4, 0.5) is 28.9 Å². The standard InChI is InChI=1S/C41H42F4N8O4/c1-22-7-14-33(53(22)26-10-13-31-28(19-26)30(41(43,44)45)20-34(54)48-31)23(2)56-15-5-4-6-16-57-27-11-8-24(9-12-27)37-36(39-46-21-47-52(39)3)38-35-29(40(55)51-50-38)17-25(42)18-32(35)49-37/h8-13,17-23,33,36-37,49H,4-7,14-16H2,1-3H3,(H,48,54)(H,51,55)/t22-,23?,33?,36+,37+/m0/s1. The van der Waals surface area contributed by atoms with Gasteiger partial charge in [0.2, 0.25) is 5.56 Å². The Kier molecular flexibility index (Phi) is 10.2. The van der Waals surface area contributed by atoms with E-state index in [1.807, 2.05) is 31.2 Å². The van der Waals surface area contributed by atoms with Gasteiger partial charge in [0, 0.05) is 53.4 Å². The number of rotatable bonds is 12. The first kappa shape index (κ1) is 38.1. The molecule has 16 heteroatoms. The van der Waals surface area contributed by atoms with Crippen LogP contribution in [0, 0.1) is 5.82 Å². The van der Waals surface area contributed by atoms with Crippen molar-refractivity contribution in [1.29, 1.82) is 0 Å². The molecule has 5 atom stereocenters. The number of benzene rings is 3. The molecule has 12 nitrogen and oxygen atoms in total. The lowest BCUT2D eigenvalue weighted by atomic mass is 9.83. The number of fused-ring (bicyclic) bond motifs is 1. The van der Waals surface area contributed by atoms with Crippen LogP contribution in [0.3, 0.4) is 0 Å². The summed E-state index contributed by atoms with van der Waals surface area (Å²) in [7, 11) is 1.79. The third kappa shape index (κ3) is 7.45. The van der Waals surface area contributed by atoms with E-state index in [-0.39, 0.29) is 34.5 Å². The van der Waals surface area contributed by atoms with Gasteiger partial charge in [-0.3, -0.25) is 14.3 Å². The van der Waals surface area contributed by atoms with Crippen LogP contribution < -0.4 is 26.1 Å². The zero-order valence-corrected chi connectivity index (χ0v) is 31.6. The Hall–Kier alpha value is -5.77. The molecule has 2 aliphatic heterocycles. The number of pyridine rings is 1. The molecular weight excluding hydrogens is 744 g/mol. The third-order valence-electron chi connectivity index (χ3n) is 11.2. The van der Waals surface area contributed by atoms with E-state index in [4.69, 9.17) is 9.47 Å². The fourth-order valence-electron chi connectivity index (χ4n) is 8.45. The topological polar surface area (TPSA) is 143 Å². The average molecular weight is 787 g/mol. The lowest BCUT2D eigenvalue weighted by molar-refractivity contribution is -0.136. The van der Waals surface area contributed by atoms with Crippen LogP contribution in [-0.4, -0.2) is 61.3 Å². The Morgan fingerprint density at radius 2 is 1.75 bits per heavy atom. The van der Waals surface area contributed by atoms with Crippen molar-refractivity contribution >= 4 is 33.1 Å². The van der Waals surface area contributed by atoms with Crippen molar-refractivity contribution < 1.29 is 27.0 Å². The van der Waals surface area contributed by atoms with Crippen molar-refractivity contribution in [2.45, 2.75) is 82.3 Å². The zero-order chi connectivity index (χ0) is 40.0. The number of aryl methyl sites for hydroxylation is 1. The number of aromatic amines is 2. The smallest absolute Gasteiger partial charge is 0.417 e. The van der Waals surface area contributed by atoms with Gasteiger partial charge in [-0.25, -0.2) is 14.5 Å². The molecule has 3 N–H and O–H groups in total. The van der Waals surface area contributed by atoms with E-state index in [2.05, 4.69) is 42.4 Å². The highest BCUT2D eigenvalue weighted by Gasteiger charge is 2.39. The second kappa shape index (κ2) is 15.3. The number of alkyl halides is 3. The Labute approximate surface area is 324 Å². The SMILES string of the molecule is CC(OCCCCCOc1ccc([C@H]2Nc3cc(F)cc4c(=O)[nH]nc(c34)[C@@H]2c2ncnn2C)cc1)C1CC[C@H](C)N1c1ccc2[nH]c(=O)cc(C(F)(F)F)c2c1. The van der Waals surface area contributed by atoms with E-state index >= 15 is 0 Å². The van der Waals surface area contributed by atoms with Crippen LogP contribution in [0.5, 0.6) is 5.75 Å². The van der Waals surface area contributed by atoms with Gasteiger partial charge in [-0.15, -0.1) is 0 Å². The van der Waals surface area contributed by atoms with Crippen molar-refractivity contribution in [2.75, 3.05) is 23.4 Å². The number of halogens is 4. The van der Waals surface area contributed by atoms with Gasteiger partial charge in [0.1, 0.15) is 23.7 Å². The summed E-state index contributed by atoms with van der Waals surface area (Å²) in [5, 5.41) is 15.4. The average Bonchev–Trinajstić information content (AvgIpc) is 3.79. The molecule has 1 saturated heterocycles. The highest BCUT2D eigenvalue weighted by atomic mass is 19.4. The fraction of sp³-hybridized carbons (Fsp3) is 0.390. The molecule has 8 rings (SSSR count). The first-order valence-corrected chi connectivity index (χ1v) is 19.1. The largest absolute Gasteiger partial charge is 0.494 e. The van der Waals surface area contributed by atoms with Gasteiger partial charge in [0.05, 0.1) is 47.4 Å².